The zero-order valence-electron chi connectivity index (χ0n) is 21.0. The number of likely N-dealkylation sites (tertiary alicyclic amines) is 1. The minimum atomic E-state index is -0.764. The molecule has 1 saturated heterocycles. The molecule has 8 heteroatoms. The summed E-state index contributed by atoms with van der Waals surface area (Å²) >= 11 is 0. The molecule has 0 spiro atoms. The van der Waals surface area contributed by atoms with Gasteiger partial charge < -0.3 is 26.0 Å². The highest BCUT2D eigenvalue weighted by Gasteiger charge is 2.41. The lowest BCUT2D eigenvalue weighted by Gasteiger charge is -2.32. The second-order valence-electron chi connectivity index (χ2n) is 9.76. The summed E-state index contributed by atoms with van der Waals surface area (Å²) in [5.41, 5.74) is 8.27. The highest BCUT2D eigenvalue weighted by atomic mass is 16.3. The first-order chi connectivity index (χ1) is 18.0. The van der Waals surface area contributed by atoms with Gasteiger partial charge >= 0.3 is 0 Å². The minimum absolute atomic E-state index is 0.0434. The standard InChI is InChI=1S/C29H36N4O4/c30-24(20-22-11-5-2-6-12-22)28(36)33-17-8-14-26(33)29(37)32-16-7-13-25(32)27(35)31-23(15-18-34)19-21-9-3-1-4-10-21/h1-6,8-12,14,23-26,34H,7,13,15-20,30H2,(H,31,35)/t23-,24+,25+,26+/m1/s1. The van der Waals surface area contributed by atoms with E-state index in [1.165, 1.54) is 4.90 Å². The molecule has 0 unspecified atom stereocenters. The first-order valence-electron chi connectivity index (χ1n) is 13.0. The van der Waals surface area contributed by atoms with Gasteiger partial charge in [-0.25, -0.2) is 0 Å². The third-order valence-electron chi connectivity index (χ3n) is 7.10. The van der Waals surface area contributed by atoms with Crippen LogP contribution >= 0.6 is 0 Å². The van der Waals surface area contributed by atoms with Crippen LogP contribution in [0.1, 0.15) is 30.4 Å². The summed E-state index contributed by atoms with van der Waals surface area (Å²) in [5, 5.41) is 12.6. The largest absolute Gasteiger partial charge is 0.396 e. The molecular weight excluding hydrogens is 468 g/mol. The van der Waals surface area contributed by atoms with Crippen molar-refractivity contribution in [2.75, 3.05) is 19.7 Å². The number of nitrogens with two attached hydrogens (primary N) is 1. The summed E-state index contributed by atoms with van der Waals surface area (Å²) in [4.78, 5) is 43.1. The number of carbonyl (C=O) groups excluding carboxylic acids is 3. The van der Waals surface area contributed by atoms with Crippen LogP contribution < -0.4 is 11.1 Å². The van der Waals surface area contributed by atoms with Gasteiger partial charge in [-0.2, -0.15) is 0 Å². The molecule has 0 radical (unpaired) electrons. The van der Waals surface area contributed by atoms with E-state index in [9.17, 15) is 19.5 Å². The summed E-state index contributed by atoms with van der Waals surface area (Å²) in [5.74, 6) is -0.757. The molecule has 3 amide bonds. The molecule has 2 aromatic rings. The van der Waals surface area contributed by atoms with Gasteiger partial charge in [0.2, 0.25) is 17.7 Å². The molecule has 0 saturated carbocycles. The van der Waals surface area contributed by atoms with Gasteiger partial charge in [0.1, 0.15) is 12.1 Å². The third kappa shape index (κ3) is 6.64. The minimum Gasteiger partial charge on any atom is -0.396 e. The molecule has 1 fully saturated rings. The van der Waals surface area contributed by atoms with Gasteiger partial charge in [-0.05, 0) is 43.2 Å². The number of aliphatic hydroxyl groups is 1. The molecule has 8 nitrogen and oxygen atoms in total. The molecule has 0 aliphatic carbocycles. The Morgan fingerprint density at radius 2 is 1.62 bits per heavy atom. The number of carbonyl (C=O) groups is 3. The molecule has 4 N–H and O–H groups in total. The lowest BCUT2D eigenvalue weighted by atomic mass is 10.0. The Morgan fingerprint density at radius 1 is 0.973 bits per heavy atom. The van der Waals surface area contributed by atoms with Crippen LogP contribution in [-0.4, -0.2) is 76.5 Å². The maximum Gasteiger partial charge on any atom is 0.250 e. The molecule has 37 heavy (non-hydrogen) atoms. The average Bonchev–Trinajstić information content (AvgIpc) is 3.60. The second-order valence-corrected chi connectivity index (χ2v) is 9.76. The van der Waals surface area contributed by atoms with Gasteiger partial charge in [-0.1, -0.05) is 72.8 Å². The van der Waals surface area contributed by atoms with Crippen molar-refractivity contribution in [1.29, 1.82) is 0 Å². The summed E-state index contributed by atoms with van der Waals surface area (Å²) in [6.07, 6.45) is 6.22. The van der Waals surface area contributed by atoms with Crippen LogP contribution in [0.4, 0.5) is 0 Å². The number of nitrogens with zero attached hydrogens (tertiary/aromatic N) is 2. The summed E-state index contributed by atoms with van der Waals surface area (Å²) in [6, 6.07) is 17.0. The Kier molecular flexibility index (Phi) is 9.09. The van der Waals surface area contributed by atoms with Crippen molar-refractivity contribution in [3.8, 4) is 0 Å². The van der Waals surface area contributed by atoms with E-state index in [2.05, 4.69) is 5.32 Å². The summed E-state index contributed by atoms with van der Waals surface area (Å²) in [6.45, 7) is 0.735. The number of hydrogen-bond donors (Lipinski definition) is 3. The highest BCUT2D eigenvalue weighted by molar-refractivity contribution is 5.95. The molecule has 2 aliphatic heterocycles. The van der Waals surface area contributed by atoms with Crippen LogP contribution in [0.2, 0.25) is 0 Å². The number of benzene rings is 2. The normalized spacial score (nSPS) is 20.6. The number of rotatable bonds is 10. The van der Waals surface area contributed by atoms with Crippen LogP contribution in [0.25, 0.3) is 0 Å². The number of amides is 3. The zero-order valence-corrected chi connectivity index (χ0v) is 21.0. The molecule has 2 aromatic carbocycles. The fraction of sp³-hybridized carbons (Fsp3) is 0.414. The van der Waals surface area contributed by atoms with Crippen molar-refractivity contribution in [2.24, 2.45) is 5.73 Å². The molecule has 2 aliphatic rings. The fourth-order valence-electron chi connectivity index (χ4n) is 5.18. The van der Waals surface area contributed by atoms with Gasteiger partial charge in [0.15, 0.2) is 0 Å². The van der Waals surface area contributed by atoms with Crippen molar-refractivity contribution in [2.45, 2.75) is 56.3 Å². The van der Waals surface area contributed by atoms with E-state index >= 15 is 0 Å². The monoisotopic (exact) mass is 504 g/mol. The predicted molar refractivity (Wildman–Crippen MR) is 141 cm³/mol. The van der Waals surface area contributed by atoms with E-state index in [4.69, 9.17) is 5.73 Å². The van der Waals surface area contributed by atoms with Crippen molar-refractivity contribution in [3.63, 3.8) is 0 Å². The van der Waals surface area contributed by atoms with E-state index in [0.29, 0.717) is 45.2 Å². The Hall–Kier alpha value is -3.49. The molecular formula is C29H36N4O4. The van der Waals surface area contributed by atoms with Crippen molar-refractivity contribution < 1.29 is 19.5 Å². The van der Waals surface area contributed by atoms with Crippen LogP contribution in [0.5, 0.6) is 0 Å². The van der Waals surface area contributed by atoms with E-state index in [1.54, 1.807) is 17.1 Å². The Bertz CT molecular complexity index is 1090. The molecule has 0 aromatic heterocycles. The Balaban J connectivity index is 1.39. The van der Waals surface area contributed by atoms with Crippen molar-refractivity contribution >= 4 is 17.7 Å². The molecule has 2 heterocycles. The Morgan fingerprint density at radius 3 is 2.27 bits per heavy atom. The van der Waals surface area contributed by atoms with E-state index in [0.717, 1.165) is 11.1 Å². The smallest absolute Gasteiger partial charge is 0.250 e. The summed E-state index contributed by atoms with van der Waals surface area (Å²) < 4.78 is 0. The maximum atomic E-state index is 13.6. The molecule has 4 rings (SSSR count). The SMILES string of the molecule is N[C@@H](Cc1ccccc1)C(=O)N1CC=C[C@H]1C(=O)N1CCC[C@H]1C(=O)N[C@H](CCO)Cc1ccccc1. The summed E-state index contributed by atoms with van der Waals surface area (Å²) in [7, 11) is 0. The van der Waals surface area contributed by atoms with Gasteiger partial charge in [0.25, 0.3) is 0 Å². The third-order valence-corrected chi connectivity index (χ3v) is 7.10. The number of nitrogens with one attached hydrogen (secondary N) is 1. The van der Waals surface area contributed by atoms with E-state index < -0.39 is 18.1 Å². The molecule has 196 valence electrons. The van der Waals surface area contributed by atoms with Gasteiger partial charge in [-0.3, -0.25) is 14.4 Å². The lowest BCUT2D eigenvalue weighted by molar-refractivity contribution is -0.146. The predicted octanol–water partition coefficient (Wildman–Crippen LogP) is 1.42. The fourth-order valence-corrected chi connectivity index (χ4v) is 5.18. The lowest BCUT2D eigenvalue weighted by Crippen LogP contribution is -2.56. The number of aliphatic hydroxyl groups excluding tert-OH is 1. The highest BCUT2D eigenvalue weighted by Crippen LogP contribution is 2.23. The average molecular weight is 505 g/mol. The zero-order chi connectivity index (χ0) is 26.2. The van der Waals surface area contributed by atoms with Crippen LogP contribution in [0.15, 0.2) is 72.8 Å². The molecule has 0 bridgehead atoms. The number of hydrogen-bond acceptors (Lipinski definition) is 5. The van der Waals surface area contributed by atoms with Crippen LogP contribution in [0, 0.1) is 0 Å². The second kappa shape index (κ2) is 12.7. The van der Waals surface area contributed by atoms with E-state index in [-0.39, 0.29) is 30.4 Å². The maximum absolute atomic E-state index is 13.6. The Labute approximate surface area is 218 Å². The van der Waals surface area contributed by atoms with Crippen LogP contribution in [0.3, 0.4) is 0 Å². The van der Waals surface area contributed by atoms with Gasteiger partial charge in [0, 0.05) is 25.7 Å². The van der Waals surface area contributed by atoms with Crippen LogP contribution in [-0.2, 0) is 27.2 Å². The van der Waals surface area contributed by atoms with Crippen molar-refractivity contribution in [1.82, 2.24) is 15.1 Å². The quantitative estimate of drug-likeness (QED) is 0.424. The molecule has 4 atom stereocenters. The van der Waals surface area contributed by atoms with Gasteiger partial charge in [0.05, 0.1) is 6.04 Å². The first-order valence-corrected chi connectivity index (χ1v) is 13.0. The van der Waals surface area contributed by atoms with Crippen molar-refractivity contribution in [3.05, 3.63) is 83.9 Å². The topological polar surface area (TPSA) is 116 Å². The first kappa shape index (κ1) is 26.6. The van der Waals surface area contributed by atoms with E-state index in [1.807, 2.05) is 60.7 Å². The van der Waals surface area contributed by atoms with Gasteiger partial charge in [-0.15, -0.1) is 0 Å².